The summed E-state index contributed by atoms with van der Waals surface area (Å²) in [5.41, 5.74) is 0.473. The van der Waals surface area contributed by atoms with Crippen molar-refractivity contribution in [1.82, 2.24) is 0 Å². The maximum Gasteiger partial charge on any atom is 0.385 e. The Hall–Kier alpha value is -1.03. The molecule has 1 rings (SSSR count). The Morgan fingerprint density at radius 2 is 1.80 bits per heavy atom. The Balaban J connectivity index is 2.90. The van der Waals surface area contributed by atoms with Crippen LogP contribution in [0.2, 0.25) is 0 Å². The van der Waals surface area contributed by atoms with E-state index in [-0.39, 0.29) is 6.42 Å². The third kappa shape index (κ3) is 2.96. The van der Waals surface area contributed by atoms with Gasteiger partial charge < -0.3 is 5.11 Å². The molecular formula is C11H13F3O. The summed E-state index contributed by atoms with van der Waals surface area (Å²) in [6, 6.07) is 8.18. The molecule has 0 saturated heterocycles. The molecule has 2 atom stereocenters. The van der Waals surface area contributed by atoms with Crippen molar-refractivity contribution in [1.29, 1.82) is 0 Å². The van der Waals surface area contributed by atoms with Crippen LogP contribution in [0, 0.1) is 0 Å². The van der Waals surface area contributed by atoms with Crippen LogP contribution in [0.25, 0.3) is 0 Å². The smallest absolute Gasteiger partial charge is 0.334 e. The van der Waals surface area contributed by atoms with Crippen LogP contribution in [0.15, 0.2) is 30.3 Å². The summed E-state index contributed by atoms with van der Waals surface area (Å²) >= 11 is 0. The Morgan fingerprint density at radius 3 is 2.20 bits per heavy atom. The predicted molar refractivity (Wildman–Crippen MR) is 51.5 cm³/mol. The molecule has 0 aromatic heterocycles. The number of hydrogen-bond acceptors (Lipinski definition) is 1. The first kappa shape index (κ1) is 12.0. The normalized spacial score (nSPS) is 16.1. The minimum absolute atomic E-state index is 0.210. The third-order valence-corrected chi connectivity index (χ3v) is 2.35. The number of aliphatic hydroxyl groups is 1. The second kappa shape index (κ2) is 4.66. The van der Waals surface area contributed by atoms with E-state index in [1.54, 1.807) is 37.3 Å². The van der Waals surface area contributed by atoms with E-state index >= 15 is 0 Å². The van der Waals surface area contributed by atoms with E-state index in [4.69, 9.17) is 5.11 Å². The van der Waals surface area contributed by atoms with Crippen LogP contribution in [-0.4, -0.2) is 17.4 Å². The molecule has 0 amide bonds. The number of rotatable bonds is 4. The van der Waals surface area contributed by atoms with Gasteiger partial charge in [0.05, 0.1) is 0 Å². The Labute approximate surface area is 86.5 Å². The van der Waals surface area contributed by atoms with Crippen molar-refractivity contribution < 1.29 is 18.3 Å². The van der Waals surface area contributed by atoms with Crippen LogP contribution in [0.3, 0.4) is 0 Å². The number of alkyl halides is 3. The van der Waals surface area contributed by atoms with Gasteiger partial charge >= 0.3 is 6.11 Å². The number of hydrogen-bond donors (Lipinski definition) is 1. The summed E-state index contributed by atoms with van der Waals surface area (Å²) in [5.74, 6) is -0.980. The molecule has 0 aliphatic heterocycles. The van der Waals surface area contributed by atoms with Gasteiger partial charge in [0, 0.05) is 5.92 Å². The molecular weight excluding hydrogens is 205 g/mol. The van der Waals surface area contributed by atoms with Gasteiger partial charge in [-0.1, -0.05) is 37.3 Å². The molecule has 2 unspecified atom stereocenters. The van der Waals surface area contributed by atoms with Gasteiger partial charge in [0.25, 0.3) is 0 Å². The topological polar surface area (TPSA) is 20.2 Å². The molecule has 0 saturated carbocycles. The van der Waals surface area contributed by atoms with E-state index in [2.05, 4.69) is 0 Å². The van der Waals surface area contributed by atoms with Crippen molar-refractivity contribution >= 4 is 0 Å². The molecule has 0 heterocycles. The molecule has 1 aromatic carbocycles. The number of benzene rings is 1. The highest BCUT2D eigenvalue weighted by Gasteiger charge is 2.42. The molecule has 84 valence electrons. The van der Waals surface area contributed by atoms with Crippen molar-refractivity contribution in [2.24, 2.45) is 0 Å². The monoisotopic (exact) mass is 218 g/mol. The van der Waals surface area contributed by atoms with Crippen molar-refractivity contribution in [2.45, 2.75) is 31.5 Å². The molecule has 0 radical (unpaired) electrons. The van der Waals surface area contributed by atoms with Crippen molar-refractivity contribution in [3.05, 3.63) is 35.9 Å². The van der Waals surface area contributed by atoms with Crippen molar-refractivity contribution in [2.75, 3.05) is 0 Å². The van der Waals surface area contributed by atoms with Gasteiger partial charge in [-0.05, 0) is 12.0 Å². The molecule has 0 bridgehead atoms. The lowest BCUT2D eigenvalue weighted by Crippen LogP contribution is -2.34. The molecule has 0 aliphatic rings. The summed E-state index contributed by atoms with van der Waals surface area (Å²) < 4.78 is 38.1. The fraction of sp³-hybridized carbons (Fsp3) is 0.455. The van der Waals surface area contributed by atoms with Gasteiger partial charge in [0.1, 0.15) is 0 Å². The van der Waals surface area contributed by atoms with Crippen LogP contribution in [-0.2, 0) is 0 Å². The first-order chi connectivity index (χ1) is 6.96. The maximum atomic E-state index is 13.3. The third-order valence-electron chi connectivity index (χ3n) is 2.35. The van der Waals surface area contributed by atoms with Gasteiger partial charge in [0.2, 0.25) is 0 Å². The van der Waals surface area contributed by atoms with Gasteiger partial charge in [-0.15, -0.1) is 0 Å². The Morgan fingerprint density at radius 1 is 1.27 bits per heavy atom. The second-order valence-electron chi connectivity index (χ2n) is 3.41. The SMILES string of the molecule is CCC(c1ccccc1)C(F)C(O)(F)F. The van der Waals surface area contributed by atoms with Crippen LogP contribution in [0.4, 0.5) is 13.2 Å². The quantitative estimate of drug-likeness (QED) is 0.823. The molecule has 4 heteroatoms. The highest BCUT2D eigenvalue weighted by Crippen LogP contribution is 2.33. The summed E-state index contributed by atoms with van der Waals surface area (Å²) in [6.07, 6.45) is -6.64. The Kier molecular flexibility index (Phi) is 3.74. The lowest BCUT2D eigenvalue weighted by Gasteiger charge is -2.23. The molecule has 1 nitrogen and oxygen atoms in total. The van der Waals surface area contributed by atoms with Crippen molar-refractivity contribution in [3.8, 4) is 0 Å². The van der Waals surface area contributed by atoms with Gasteiger partial charge in [-0.25, -0.2) is 4.39 Å². The fourth-order valence-electron chi connectivity index (χ4n) is 1.55. The largest absolute Gasteiger partial charge is 0.385 e. The highest BCUT2D eigenvalue weighted by molar-refractivity contribution is 5.21. The standard InChI is InChI=1S/C11H13F3O/c1-2-9(10(12)11(13,14)15)8-6-4-3-5-7-8/h3-7,9-10,15H,2H2,1H3. The van der Waals surface area contributed by atoms with Gasteiger partial charge in [-0.3, -0.25) is 0 Å². The molecule has 0 spiro atoms. The molecule has 0 fully saturated rings. The summed E-state index contributed by atoms with van der Waals surface area (Å²) in [7, 11) is 0. The van der Waals surface area contributed by atoms with Crippen LogP contribution in [0.5, 0.6) is 0 Å². The zero-order valence-electron chi connectivity index (χ0n) is 8.33. The first-order valence-corrected chi connectivity index (χ1v) is 4.76. The summed E-state index contributed by atoms with van der Waals surface area (Å²) in [5, 5.41) is 8.34. The lowest BCUT2D eigenvalue weighted by atomic mass is 9.91. The van der Waals surface area contributed by atoms with E-state index in [9.17, 15) is 13.2 Å². The Bertz CT molecular complexity index is 294. The first-order valence-electron chi connectivity index (χ1n) is 4.76. The zero-order valence-corrected chi connectivity index (χ0v) is 8.33. The van der Waals surface area contributed by atoms with Gasteiger partial charge in [-0.2, -0.15) is 8.78 Å². The minimum Gasteiger partial charge on any atom is -0.334 e. The van der Waals surface area contributed by atoms with Gasteiger partial charge in [0.15, 0.2) is 6.17 Å². The molecule has 15 heavy (non-hydrogen) atoms. The van der Waals surface area contributed by atoms with Crippen LogP contribution < -0.4 is 0 Å². The van der Waals surface area contributed by atoms with E-state index < -0.39 is 18.2 Å². The zero-order chi connectivity index (χ0) is 11.5. The minimum atomic E-state index is -4.28. The van der Waals surface area contributed by atoms with Crippen LogP contribution in [0.1, 0.15) is 24.8 Å². The highest BCUT2D eigenvalue weighted by atomic mass is 19.3. The average Bonchev–Trinajstić information content (AvgIpc) is 2.19. The fourth-order valence-corrected chi connectivity index (χ4v) is 1.55. The summed E-state index contributed by atoms with van der Waals surface area (Å²) in [4.78, 5) is 0. The molecule has 1 aromatic rings. The summed E-state index contributed by atoms with van der Waals surface area (Å²) in [6.45, 7) is 1.61. The lowest BCUT2D eigenvalue weighted by molar-refractivity contribution is -0.245. The van der Waals surface area contributed by atoms with Crippen molar-refractivity contribution in [3.63, 3.8) is 0 Å². The van der Waals surface area contributed by atoms with Crippen LogP contribution >= 0.6 is 0 Å². The molecule has 1 N–H and O–H groups in total. The van der Waals surface area contributed by atoms with E-state index in [0.717, 1.165) is 0 Å². The predicted octanol–water partition coefficient (Wildman–Crippen LogP) is 3.10. The molecule has 0 aliphatic carbocycles. The number of halogens is 3. The maximum absolute atomic E-state index is 13.3. The van der Waals surface area contributed by atoms with E-state index in [1.807, 2.05) is 0 Å². The van der Waals surface area contributed by atoms with E-state index in [0.29, 0.717) is 5.56 Å². The average molecular weight is 218 g/mol. The van der Waals surface area contributed by atoms with E-state index in [1.165, 1.54) is 0 Å². The second-order valence-corrected chi connectivity index (χ2v) is 3.41.